The van der Waals surface area contributed by atoms with Gasteiger partial charge < -0.3 is 0 Å². The number of hydrogen-bond acceptors (Lipinski definition) is 2. The van der Waals surface area contributed by atoms with Gasteiger partial charge in [-0.25, -0.2) is 0 Å². The number of aromatic nitrogens is 1. The zero-order valence-corrected chi connectivity index (χ0v) is 21.0. The summed E-state index contributed by atoms with van der Waals surface area (Å²) in [5.41, 5.74) is 8.38. The molecule has 1 aromatic heterocycles. The maximum atomic E-state index is 3.58. The van der Waals surface area contributed by atoms with Crippen molar-refractivity contribution in [3.05, 3.63) is 94.1 Å². The Morgan fingerprint density at radius 3 is 2.00 bits per heavy atom. The number of anilines is 4. The summed E-state index contributed by atoms with van der Waals surface area (Å²) in [6.07, 6.45) is 0. The van der Waals surface area contributed by atoms with Crippen molar-refractivity contribution in [3.8, 4) is 0 Å². The first kappa shape index (κ1) is 20.9. The number of nitrogens with zero attached hydrogens (tertiary/aromatic N) is 2. The molecule has 0 spiro atoms. The fraction of sp³-hybridized carbons (Fsp3) is 0.143. The van der Waals surface area contributed by atoms with Crippen LogP contribution >= 0.6 is 0 Å². The molecule has 32 heavy (non-hydrogen) atoms. The Hall–Kier alpha value is -2.99. The summed E-state index contributed by atoms with van der Waals surface area (Å²) in [5, 5.41) is 6.12. The van der Waals surface area contributed by atoms with Crippen molar-refractivity contribution in [2.75, 3.05) is 22.2 Å². The van der Waals surface area contributed by atoms with Crippen LogP contribution < -0.4 is 31.4 Å². The van der Waals surface area contributed by atoms with E-state index in [1.54, 1.807) is 0 Å². The molecule has 1 N–H and O–H groups in total. The molecule has 5 aromatic rings. The van der Waals surface area contributed by atoms with Gasteiger partial charge >= 0.3 is 151 Å². The Kier molecular flexibility index (Phi) is 5.55. The van der Waals surface area contributed by atoms with Crippen LogP contribution in [0.5, 0.6) is 0 Å². The molecule has 0 aliphatic carbocycles. The number of halogens is 1. The van der Waals surface area contributed by atoms with Crippen LogP contribution in [0.1, 0.15) is 5.56 Å². The fourth-order valence-electron chi connectivity index (χ4n) is 4.24. The van der Waals surface area contributed by atoms with Crippen LogP contribution in [0.3, 0.4) is 0 Å². The van der Waals surface area contributed by atoms with E-state index in [4.69, 9.17) is 0 Å². The molecule has 4 heteroatoms. The van der Waals surface area contributed by atoms with Crippen LogP contribution in [0.15, 0.2) is 84.9 Å². The predicted octanol–water partition coefficient (Wildman–Crippen LogP) is 4.04. The quantitative estimate of drug-likeness (QED) is 0.273. The van der Waals surface area contributed by atoms with Crippen molar-refractivity contribution in [3.63, 3.8) is 0 Å². The Balaban J connectivity index is 1.55. The van der Waals surface area contributed by atoms with Crippen LogP contribution in [0, 0.1) is 10.5 Å². The summed E-state index contributed by atoms with van der Waals surface area (Å²) in [6, 6.07) is 30.9. The molecule has 5 rings (SSSR count). The van der Waals surface area contributed by atoms with Crippen molar-refractivity contribution < 1.29 is 21.2 Å². The molecular weight excluding hydrogens is 505 g/mol. The summed E-state index contributed by atoms with van der Waals surface area (Å²) in [4.78, 5) is 4.54. The molecule has 0 unspecified atom stereocenters. The number of nitrogens with one attached hydrogen (secondary N) is 1. The number of rotatable bonds is 5. The van der Waals surface area contributed by atoms with Gasteiger partial charge in [-0.15, -0.1) is 0 Å². The molecule has 1 heterocycles. The molecule has 0 aliphatic rings. The van der Waals surface area contributed by atoms with Crippen molar-refractivity contribution in [2.45, 2.75) is 6.92 Å². The van der Waals surface area contributed by atoms with E-state index in [1.807, 2.05) is 0 Å². The van der Waals surface area contributed by atoms with Crippen molar-refractivity contribution in [1.82, 2.24) is 4.57 Å². The van der Waals surface area contributed by atoms with E-state index in [0.717, 1.165) is 11.4 Å². The number of hydrogen-bond donors (Lipinski definition) is 1. The molecule has 0 fully saturated rings. The second-order valence-corrected chi connectivity index (χ2v) is 10.5. The zero-order chi connectivity index (χ0) is 22.2. The van der Waals surface area contributed by atoms with Gasteiger partial charge in [0.05, 0.1) is 0 Å². The van der Waals surface area contributed by atoms with Gasteiger partial charge in [0.1, 0.15) is 0 Å². The van der Waals surface area contributed by atoms with Gasteiger partial charge in [0, 0.05) is 12.7 Å². The maximum absolute atomic E-state index is 3.58. The first-order valence-electron chi connectivity index (χ1n) is 10.7. The van der Waals surface area contributed by atoms with E-state index < -0.39 is 0 Å². The van der Waals surface area contributed by atoms with Crippen LogP contribution in [0.25, 0.3) is 21.8 Å². The summed E-state index contributed by atoms with van der Waals surface area (Å²) < 4.78 is 3.74. The minimum absolute atomic E-state index is 0.132. The van der Waals surface area contributed by atoms with Gasteiger partial charge in [-0.1, -0.05) is 17.7 Å². The van der Waals surface area contributed by atoms with E-state index in [1.165, 1.54) is 42.3 Å². The molecule has 0 bridgehead atoms. The summed E-state index contributed by atoms with van der Waals surface area (Å²) in [5.74, 6) is 0. The van der Waals surface area contributed by atoms with E-state index in [0.29, 0.717) is 0 Å². The number of fused-ring (bicyclic) bond motifs is 3. The predicted molar refractivity (Wildman–Crippen MR) is 134 cm³/mol. The third kappa shape index (κ3) is 3.84. The first-order chi connectivity index (χ1) is 15.5. The van der Waals surface area contributed by atoms with Crippen molar-refractivity contribution in [1.29, 1.82) is 0 Å². The number of alkyl halides is 1. The summed E-state index contributed by atoms with van der Waals surface area (Å²) in [7, 11) is 4.28. The van der Waals surface area contributed by atoms with E-state index in [-0.39, 0.29) is 21.2 Å². The van der Waals surface area contributed by atoms with Gasteiger partial charge in [-0.3, -0.25) is 0 Å². The molecule has 0 amide bonds. The topological polar surface area (TPSA) is 20.2 Å². The average Bonchev–Trinajstić information content (AvgIpc) is 3.10. The molecule has 0 saturated carbocycles. The van der Waals surface area contributed by atoms with Gasteiger partial charge in [0.2, 0.25) is 0 Å². The molecule has 0 atom stereocenters. The second kappa shape index (κ2) is 8.51. The van der Waals surface area contributed by atoms with Crippen molar-refractivity contribution in [2.24, 2.45) is 7.05 Å². The SMILES string of the molecule is C[I-]c1ccc(Nc2ccc3c(c2)c2cc(N(C)c4ccc(C)cc4)ccc2n3C)cc1. The molecule has 4 aromatic carbocycles. The first-order valence-corrected chi connectivity index (χ1v) is 14.0. The number of aryl methyl sites for hydroxylation is 2. The fourth-order valence-corrected chi connectivity index (χ4v) is 5.31. The van der Waals surface area contributed by atoms with Gasteiger partial charge in [0.15, 0.2) is 0 Å². The molecular formula is C28H27IN3-. The zero-order valence-electron chi connectivity index (χ0n) is 18.9. The molecule has 0 radical (unpaired) electrons. The normalized spacial score (nSPS) is 11.4. The Labute approximate surface area is 199 Å². The van der Waals surface area contributed by atoms with Crippen LogP contribution in [-0.4, -0.2) is 16.5 Å². The van der Waals surface area contributed by atoms with Gasteiger partial charge in [0.25, 0.3) is 0 Å². The molecule has 162 valence electrons. The third-order valence-corrected chi connectivity index (χ3v) is 8.11. The summed E-state index contributed by atoms with van der Waals surface area (Å²) in [6.45, 7) is 2.12. The standard InChI is InChI=1S/C28H27IN3/c1-19-5-12-23(13-6-19)31(3)24-14-16-28-26(18-24)25-17-22(11-15-27(25)32(28)4)30-21-9-7-20(29-2)8-10-21/h5-18,30H,1-4H3/q-1. The van der Waals surface area contributed by atoms with Crippen molar-refractivity contribution >= 4 is 44.6 Å². The van der Waals surface area contributed by atoms with E-state index >= 15 is 0 Å². The van der Waals surface area contributed by atoms with Gasteiger partial charge in [-0.05, 0) is 19.1 Å². The Morgan fingerprint density at radius 2 is 1.31 bits per heavy atom. The monoisotopic (exact) mass is 532 g/mol. The molecule has 3 nitrogen and oxygen atoms in total. The van der Waals surface area contributed by atoms with Crippen LogP contribution in [0.4, 0.5) is 22.7 Å². The summed E-state index contributed by atoms with van der Waals surface area (Å²) >= 11 is 0.132. The third-order valence-electron chi connectivity index (χ3n) is 6.15. The van der Waals surface area contributed by atoms with Crippen LogP contribution in [0.2, 0.25) is 0 Å². The minimum atomic E-state index is 0.132. The Morgan fingerprint density at radius 1 is 0.719 bits per heavy atom. The van der Waals surface area contributed by atoms with E-state index in [2.05, 4.69) is 126 Å². The molecule has 0 saturated heterocycles. The number of benzene rings is 4. The van der Waals surface area contributed by atoms with Crippen LogP contribution in [-0.2, 0) is 7.05 Å². The molecule has 0 aliphatic heterocycles. The second-order valence-electron chi connectivity index (χ2n) is 8.21. The Bertz CT molecular complexity index is 1400. The van der Waals surface area contributed by atoms with Gasteiger partial charge in [-0.2, -0.15) is 0 Å². The van der Waals surface area contributed by atoms with E-state index in [9.17, 15) is 0 Å². The average molecular weight is 532 g/mol.